The average molecular weight is 947 g/mol. The minimum absolute atomic E-state index is 0.100. The number of hydrogen-bond donors (Lipinski definition) is 4. The van der Waals surface area contributed by atoms with Crippen LogP contribution in [0.3, 0.4) is 0 Å². The fourth-order valence-electron chi connectivity index (χ4n) is 7.87. The van der Waals surface area contributed by atoms with E-state index in [4.69, 9.17) is 9.47 Å². The number of aliphatic imine (C=N–C) groups is 1. The van der Waals surface area contributed by atoms with Crippen molar-refractivity contribution < 1.29 is 46.7 Å². The normalized spacial score (nSPS) is 20.1. The summed E-state index contributed by atoms with van der Waals surface area (Å²) < 4.78 is 38.7. The van der Waals surface area contributed by atoms with Crippen LogP contribution in [-0.2, 0) is 38.7 Å². The molecular formula is C51H58N6O10S. The van der Waals surface area contributed by atoms with Crippen LogP contribution < -0.4 is 20.7 Å². The monoisotopic (exact) mass is 946 g/mol. The molecular weight excluding hydrogens is 889 g/mol. The standard InChI is InChI=1S/C38H49N5O9S.C13H9NO/c1-8-24-21-38(24,33(46)42-53(49,50)26-18-19-26)41-31(44)29-20-25(22-43(29)32(45)30(36(2,3)4)40-35(48)52-37(5,6)7)51-34(47)39-28-17-13-12-16-27(28)23-14-10-9-11-15-23;15-10-14-13-9-5-4-8-12(13)11-6-2-1-3-7-11/h8-17,24-26,29-30H,1,18-22H2,2-7H3,(H,39,47)(H,40,48)(H,41,44)(H,42,46);1-9H/t24?,25-,29+,30-,38-;/m1./s1. The summed E-state index contributed by atoms with van der Waals surface area (Å²) in [4.78, 5) is 83.4. The molecule has 4 aromatic carbocycles. The molecule has 1 saturated heterocycles. The molecule has 5 amide bonds. The lowest BCUT2D eigenvalue weighted by Gasteiger charge is -2.36. The zero-order valence-electron chi connectivity index (χ0n) is 39.0. The van der Waals surface area contributed by atoms with Crippen molar-refractivity contribution in [2.24, 2.45) is 16.3 Å². The molecule has 16 nitrogen and oxygen atoms in total. The van der Waals surface area contributed by atoms with Gasteiger partial charge in [-0.05, 0) is 68.7 Å². The number of rotatable bonds is 13. The number of nitrogens with zero attached hydrogens (tertiary/aromatic N) is 2. The number of nitrogens with one attached hydrogen (secondary N) is 4. The molecule has 4 N–H and O–H groups in total. The number of alkyl carbamates (subject to hydrolysis) is 1. The second-order valence-electron chi connectivity index (χ2n) is 19.0. The highest BCUT2D eigenvalue weighted by molar-refractivity contribution is 7.91. The van der Waals surface area contributed by atoms with Gasteiger partial charge >= 0.3 is 12.2 Å². The maximum atomic E-state index is 14.4. The zero-order valence-corrected chi connectivity index (χ0v) is 39.8. The summed E-state index contributed by atoms with van der Waals surface area (Å²) >= 11 is 0. The Morgan fingerprint density at radius 3 is 1.96 bits per heavy atom. The molecule has 1 aliphatic heterocycles. The highest BCUT2D eigenvalue weighted by Gasteiger charge is 2.62. The summed E-state index contributed by atoms with van der Waals surface area (Å²) in [5.74, 6) is -2.85. The molecule has 358 valence electrons. The van der Waals surface area contributed by atoms with Gasteiger partial charge in [-0.3, -0.25) is 24.4 Å². The van der Waals surface area contributed by atoms with Gasteiger partial charge in [0.05, 0.1) is 23.2 Å². The Morgan fingerprint density at radius 2 is 1.40 bits per heavy atom. The first-order chi connectivity index (χ1) is 32.2. The summed E-state index contributed by atoms with van der Waals surface area (Å²) in [6.45, 7) is 13.8. The van der Waals surface area contributed by atoms with Gasteiger partial charge in [0.1, 0.15) is 29.3 Å². The van der Waals surface area contributed by atoms with Gasteiger partial charge in [-0.1, -0.05) is 124 Å². The van der Waals surface area contributed by atoms with Crippen LogP contribution in [0.25, 0.3) is 22.3 Å². The largest absolute Gasteiger partial charge is 0.444 e. The van der Waals surface area contributed by atoms with Gasteiger partial charge in [0, 0.05) is 23.5 Å². The Hall–Kier alpha value is -7.10. The molecule has 0 aromatic heterocycles. The van der Waals surface area contributed by atoms with Crippen molar-refractivity contribution in [2.75, 3.05) is 11.9 Å². The molecule has 17 heteroatoms. The van der Waals surface area contributed by atoms with E-state index in [0.717, 1.165) is 22.3 Å². The van der Waals surface area contributed by atoms with Gasteiger partial charge in [-0.25, -0.2) is 22.8 Å². The predicted molar refractivity (Wildman–Crippen MR) is 257 cm³/mol. The van der Waals surface area contributed by atoms with E-state index in [1.54, 1.807) is 65.8 Å². The Morgan fingerprint density at radius 1 is 0.824 bits per heavy atom. The third-order valence-electron chi connectivity index (χ3n) is 11.5. The Labute approximate surface area is 397 Å². The summed E-state index contributed by atoms with van der Waals surface area (Å²) in [7, 11) is -3.93. The Bertz CT molecular complexity index is 2670. The molecule has 2 aliphatic carbocycles. The van der Waals surface area contributed by atoms with Crippen molar-refractivity contribution >= 4 is 57.4 Å². The third-order valence-corrected chi connectivity index (χ3v) is 13.4. The lowest BCUT2D eigenvalue weighted by molar-refractivity contribution is -0.143. The number of likely N-dealkylation sites (tertiary alicyclic amines) is 1. The van der Waals surface area contributed by atoms with Crippen LogP contribution in [0.15, 0.2) is 127 Å². The quantitative estimate of drug-likeness (QED) is 0.0579. The van der Waals surface area contributed by atoms with E-state index in [9.17, 15) is 37.2 Å². The van der Waals surface area contributed by atoms with E-state index in [0.29, 0.717) is 24.2 Å². The fraction of sp³-hybridized carbons (Fsp3) is 0.373. The van der Waals surface area contributed by atoms with Crippen molar-refractivity contribution in [3.05, 3.63) is 122 Å². The SMILES string of the molecule is C=CC1C[C@]1(NC(=O)[C@@H]1C[C@@H](OC(=O)Nc2ccccc2-c2ccccc2)CN1C(=O)[C@@H](NC(=O)OC(C)(C)C)C(C)(C)C)C(=O)NS(=O)(=O)C1CC1.O=C=Nc1ccccc1-c1ccccc1. The molecule has 0 bridgehead atoms. The number of amides is 5. The maximum Gasteiger partial charge on any atom is 0.411 e. The van der Waals surface area contributed by atoms with E-state index >= 15 is 0 Å². The van der Waals surface area contributed by atoms with Crippen LogP contribution in [-0.4, -0.2) is 90.4 Å². The highest BCUT2D eigenvalue weighted by atomic mass is 32.2. The summed E-state index contributed by atoms with van der Waals surface area (Å²) in [5, 5.41) is 7.47. The van der Waals surface area contributed by atoms with E-state index in [1.165, 1.54) is 11.0 Å². The second-order valence-corrected chi connectivity index (χ2v) is 21.0. The zero-order chi connectivity index (χ0) is 49.4. The third kappa shape index (κ3) is 12.7. The van der Waals surface area contributed by atoms with E-state index in [-0.39, 0.29) is 19.4 Å². The molecule has 0 radical (unpaired) electrons. The van der Waals surface area contributed by atoms with Crippen LogP contribution in [0.1, 0.15) is 67.2 Å². The number of carbonyl (C=O) groups excluding carboxylic acids is 6. The predicted octanol–water partition coefficient (Wildman–Crippen LogP) is 7.80. The summed E-state index contributed by atoms with van der Waals surface area (Å²) in [6.07, 6.45) is 1.22. The highest BCUT2D eigenvalue weighted by Crippen LogP contribution is 2.45. The second kappa shape index (κ2) is 20.8. The van der Waals surface area contributed by atoms with Gasteiger partial charge in [0.25, 0.3) is 5.91 Å². The van der Waals surface area contributed by atoms with E-state index in [1.807, 2.05) is 91.0 Å². The van der Waals surface area contributed by atoms with Crippen molar-refractivity contribution in [3.63, 3.8) is 0 Å². The number of benzene rings is 4. The molecule has 2 saturated carbocycles. The van der Waals surface area contributed by atoms with Gasteiger partial charge < -0.3 is 25.0 Å². The molecule has 0 spiro atoms. The number of sulfonamides is 1. The lowest BCUT2D eigenvalue weighted by Crippen LogP contribution is -2.60. The van der Waals surface area contributed by atoms with Crippen molar-refractivity contribution in [2.45, 2.75) is 102 Å². The van der Waals surface area contributed by atoms with Gasteiger partial charge in [0.2, 0.25) is 27.9 Å². The topological polar surface area (TPSA) is 219 Å². The fourth-order valence-corrected chi connectivity index (χ4v) is 9.23. The van der Waals surface area contributed by atoms with Crippen molar-refractivity contribution in [3.8, 4) is 22.3 Å². The van der Waals surface area contributed by atoms with E-state index in [2.05, 4.69) is 32.2 Å². The number of carbonyl (C=O) groups is 5. The molecule has 4 aromatic rings. The lowest BCUT2D eigenvalue weighted by atomic mass is 9.85. The molecule has 7 rings (SSSR count). The van der Waals surface area contributed by atoms with Crippen molar-refractivity contribution in [1.82, 2.24) is 20.3 Å². The average Bonchev–Trinajstić information content (AvgIpc) is 4.22. The first-order valence-corrected chi connectivity index (χ1v) is 23.9. The molecule has 1 unspecified atom stereocenters. The number of anilines is 1. The van der Waals surface area contributed by atoms with Crippen LogP contribution >= 0.6 is 0 Å². The first-order valence-electron chi connectivity index (χ1n) is 22.3. The molecule has 3 aliphatic rings. The van der Waals surface area contributed by atoms with Crippen LogP contribution in [0.2, 0.25) is 0 Å². The molecule has 3 fully saturated rings. The van der Waals surface area contributed by atoms with Crippen LogP contribution in [0.5, 0.6) is 0 Å². The number of isocyanates is 1. The molecule has 1 heterocycles. The first kappa shape index (κ1) is 50.3. The smallest absolute Gasteiger partial charge is 0.411 e. The summed E-state index contributed by atoms with van der Waals surface area (Å²) in [5.41, 5.74) is 1.42. The minimum atomic E-state index is -3.93. The number of ether oxygens (including phenoxy) is 2. The Kier molecular flexibility index (Phi) is 15.4. The van der Waals surface area contributed by atoms with Crippen LogP contribution in [0, 0.1) is 11.3 Å². The number of hydrogen-bond acceptors (Lipinski definition) is 11. The molecule has 5 atom stereocenters. The van der Waals surface area contributed by atoms with Crippen LogP contribution in [0.4, 0.5) is 21.0 Å². The van der Waals surface area contributed by atoms with E-state index < -0.39 is 85.8 Å². The van der Waals surface area contributed by atoms with Gasteiger partial charge in [-0.2, -0.15) is 4.99 Å². The summed E-state index contributed by atoms with van der Waals surface area (Å²) in [6, 6.07) is 31.5. The van der Waals surface area contributed by atoms with Gasteiger partial charge in [0.15, 0.2) is 0 Å². The maximum absolute atomic E-state index is 14.4. The number of para-hydroxylation sites is 2. The van der Waals surface area contributed by atoms with Crippen molar-refractivity contribution in [1.29, 1.82) is 0 Å². The molecule has 68 heavy (non-hydrogen) atoms. The van der Waals surface area contributed by atoms with Gasteiger partial charge in [-0.15, -0.1) is 6.58 Å². The Balaban J connectivity index is 0.000000428. The minimum Gasteiger partial charge on any atom is -0.444 e.